The summed E-state index contributed by atoms with van der Waals surface area (Å²) in [6.45, 7) is 2.97. The van der Waals surface area contributed by atoms with Crippen molar-refractivity contribution in [1.82, 2.24) is 5.32 Å². The number of anilines is 1. The number of ketones is 1. The summed E-state index contributed by atoms with van der Waals surface area (Å²) in [6.07, 6.45) is 0. The number of carbonyl (C=O) groups excluding carboxylic acids is 2. The number of hydrogen-bond acceptors (Lipinski definition) is 5. The summed E-state index contributed by atoms with van der Waals surface area (Å²) in [5.74, 6) is -0.768. The van der Waals surface area contributed by atoms with Crippen LogP contribution in [0.15, 0.2) is 48.5 Å². The predicted octanol–water partition coefficient (Wildman–Crippen LogP) is 1.84. The number of para-hydroxylation sites is 1. The van der Waals surface area contributed by atoms with Crippen LogP contribution in [-0.2, 0) is 4.74 Å². The topological polar surface area (TPSA) is 78.9 Å². The molecule has 1 amide bonds. The lowest BCUT2D eigenvalue weighted by atomic mass is 10.1. The molecule has 1 heterocycles. The van der Waals surface area contributed by atoms with E-state index in [1.165, 1.54) is 12.1 Å². The first-order valence-corrected chi connectivity index (χ1v) is 8.17. The number of rotatable bonds is 5. The highest BCUT2D eigenvalue weighted by Gasteiger charge is 2.14. The van der Waals surface area contributed by atoms with Crippen molar-refractivity contribution in [2.45, 2.75) is 0 Å². The highest BCUT2D eigenvalue weighted by atomic mass is 16.5. The van der Waals surface area contributed by atoms with E-state index < -0.39 is 5.91 Å². The van der Waals surface area contributed by atoms with Gasteiger partial charge in [0.25, 0.3) is 5.91 Å². The van der Waals surface area contributed by atoms with Gasteiger partial charge in [0.15, 0.2) is 5.78 Å². The predicted molar refractivity (Wildman–Crippen MR) is 94.2 cm³/mol. The first-order valence-electron chi connectivity index (χ1n) is 8.17. The van der Waals surface area contributed by atoms with E-state index >= 15 is 0 Å². The van der Waals surface area contributed by atoms with E-state index in [2.05, 4.69) is 10.2 Å². The zero-order valence-electron chi connectivity index (χ0n) is 13.8. The van der Waals surface area contributed by atoms with Crippen molar-refractivity contribution in [3.63, 3.8) is 0 Å². The molecule has 2 N–H and O–H groups in total. The highest BCUT2D eigenvalue weighted by molar-refractivity contribution is 6.03. The Morgan fingerprint density at radius 2 is 1.72 bits per heavy atom. The lowest BCUT2D eigenvalue weighted by Gasteiger charge is -2.28. The van der Waals surface area contributed by atoms with Crippen LogP contribution < -0.4 is 10.2 Å². The summed E-state index contributed by atoms with van der Waals surface area (Å²) in [7, 11) is 0. The number of nitrogens with one attached hydrogen (secondary N) is 1. The van der Waals surface area contributed by atoms with Gasteiger partial charge in [0.2, 0.25) is 0 Å². The van der Waals surface area contributed by atoms with Gasteiger partial charge in [-0.05, 0) is 36.4 Å². The molecule has 2 aromatic rings. The second-order valence-corrected chi connectivity index (χ2v) is 5.77. The fraction of sp³-hybridized carbons (Fsp3) is 0.263. The maximum Gasteiger partial charge on any atom is 0.255 e. The summed E-state index contributed by atoms with van der Waals surface area (Å²) in [5.41, 5.74) is 1.74. The van der Waals surface area contributed by atoms with E-state index in [-0.39, 0.29) is 23.6 Å². The zero-order chi connectivity index (χ0) is 17.6. The molecule has 6 heteroatoms. The van der Waals surface area contributed by atoms with Gasteiger partial charge in [-0.3, -0.25) is 9.59 Å². The van der Waals surface area contributed by atoms with Gasteiger partial charge in [-0.1, -0.05) is 12.1 Å². The van der Waals surface area contributed by atoms with Crippen LogP contribution in [0.3, 0.4) is 0 Å². The van der Waals surface area contributed by atoms with Gasteiger partial charge >= 0.3 is 0 Å². The Hall–Kier alpha value is -2.86. The van der Waals surface area contributed by atoms with Gasteiger partial charge < -0.3 is 20.1 Å². The van der Waals surface area contributed by atoms with Crippen LogP contribution in [0.4, 0.5) is 5.69 Å². The summed E-state index contributed by atoms with van der Waals surface area (Å²) < 4.78 is 5.33. The minimum Gasteiger partial charge on any atom is -0.507 e. The monoisotopic (exact) mass is 340 g/mol. The number of amides is 1. The van der Waals surface area contributed by atoms with Crippen LogP contribution >= 0.6 is 0 Å². The molecular formula is C19H20N2O4. The molecule has 0 saturated carbocycles. The van der Waals surface area contributed by atoms with Gasteiger partial charge in [-0.25, -0.2) is 0 Å². The van der Waals surface area contributed by atoms with Crippen LogP contribution in [0, 0.1) is 0 Å². The third-order valence-corrected chi connectivity index (χ3v) is 4.12. The Labute approximate surface area is 146 Å². The minimum atomic E-state index is -0.476. The van der Waals surface area contributed by atoms with E-state index in [0.717, 1.165) is 18.8 Å². The summed E-state index contributed by atoms with van der Waals surface area (Å²) >= 11 is 0. The highest BCUT2D eigenvalue weighted by Crippen LogP contribution is 2.17. The quantitative estimate of drug-likeness (QED) is 0.812. The molecule has 130 valence electrons. The molecule has 0 atom stereocenters. The molecule has 0 radical (unpaired) electrons. The van der Waals surface area contributed by atoms with Gasteiger partial charge in [0, 0.05) is 24.3 Å². The normalized spacial score (nSPS) is 14.2. The number of Topliss-reactive ketones (excluding diaryl/α,β-unsaturated/α-hetero) is 1. The number of benzene rings is 2. The Morgan fingerprint density at radius 1 is 1.04 bits per heavy atom. The number of carbonyl (C=O) groups is 2. The SMILES string of the molecule is O=C(CNC(=O)c1ccccc1O)c1ccc(N2CCOCC2)cc1. The lowest BCUT2D eigenvalue weighted by molar-refractivity contribution is 0.0902. The molecule has 2 aromatic carbocycles. The Balaban J connectivity index is 1.58. The summed E-state index contributed by atoms with van der Waals surface area (Å²) in [5, 5.41) is 12.2. The Morgan fingerprint density at radius 3 is 2.40 bits per heavy atom. The Kier molecular flexibility index (Phi) is 5.30. The number of phenols is 1. The fourth-order valence-electron chi connectivity index (χ4n) is 2.70. The van der Waals surface area contributed by atoms with Crippen molar-refractivity contribution in [2.24, 2.45) is 0 Å². The van der Waals surface area contributed by atoms with Gasteiger partial charge in [0.05, 0.1) is 25.3 Å². The van der Waals surface area contributed by atoms with Crippen molar-refractivity contribution in [2.75, 3.05) is 37.7 Å². The van der Waals surface area contributed by atoms with E-state index in [9.17, 15) is 14.7 Å². The third-order valence-electron chi connectivity index (χ3n) is 4.12. The second kappa shape index (κ2) is 7.81. The zero-order valence-corrected chi connectivity index (χ0v) is 13.8. The average molecular weight is 340 g/mol. The van der Waals surface area contributed by atoms with E-state index in [1.807, 2.05) is 12.1 Å². The van der Waals surface area contributed by atoms with Crippen LogP contribution in [-0.4, -0.2) is 49.6 Å². The van der Waals surface area contributed by atoms with E-state index in [1.54, 1.807) is 24.3 Å². The molecule has 1 aliphatic heterocycles. The molecule has 3 rings (SSSR count). The second-order valence-electron chi connectivity index (χ2n) is 5.77. The van der Waals surface area contributed by atoms with Crippen molar-refractivity contribution in [3.8, 4) is 5.75 Å². The molecule has 0 aliphatic carbocycles. The minimum absolute atomic E-state index is 0.109. The number of phenolic OH excluding ortho intramolecular Hbond substituents is 1. The molecule has 1 fully saturated rings. The molecule has 6 nitrogen and oxygen atoms in total. The number of ether oxygens (including phenoxy) is 1. The van der Waals surface area contributed by atoms with Gasteiger partial charge in [-0.15, -0.1) is 0 Å². The molecule has 0 aromatic heterocycles. The van der Waals surface area contributed by atoms with E-state index in [4.69, 9.17) is 4.74 Å². The maximum atomic E-state index is 12.2. The molecular weight excluding hydrogens is 320 g/mol. The van der Waals surface area contributed by atoms with Crippen molar-refractivity contribution >= 4 is 17.4 Å². The molecule has 1 saturated heterocycles. The molecule has 0 bridgehead atoms. The Bertz CT molecular complexity index is 752. The fourth-order valence-corrected chi connectivity index (χ4v) is 2.70. The van der Waals surface area contributed by atoms with E-state index in [0.29, 0.717) is 18.8 Å². The molecule has 0 unspecified atom stereocenters. The summed E-state index contributed by atoms with van der Waals surface area (Å²) in [6, 6.07) is 13.6. The number of hydrogen-bond donors (Lipinski definition) is 2. The first-order chi connectivity index (χ1) is 12.1. The third kappa shape index (κ3) is 4.16. The van der Waals surface area contributed by atoms with Crippen molar-refractivity contribution < 1.29 is 19.4 Å². The molecule has 25 heavy (non-hydrogen) atoms. The standard InChI is InChI=1S/C19H20N2O4/c22-17-4-2-1-3-16(17)19(24)20-13-18(23)14-5-7-15(8-6-14)21-9-11-25-12-10-21/h1-8,22H,9-13H2,(H,20,24). The average Bonchev–Trinajstić information content (AvgIpc) is 2.67. The number of morpholine rings is 1. The maximum absolute atomic E-state index is 12.2. The van der Waals surface area contributed by atoms with Gasteiger partial charge in [0.1, 0.15) is 5.75 Å². The molecule has 1 aliphatic rings. The largest absolute Gasteiger partial charge is 0.507 e. The van der Waals surface area contributed by atoms with Crippen LogP contribution in [0.25, 0.3) is 0 Å². The van der Waals surface area contributed by atoms with Crippen LogP contribution in [0.5, 0.6) is 5.75 Å². The first kappa shape index (κ1) is 17.0. The van der Waals surface area contributed by atoms with Crippen LogP contribution in [0.1, 0.15) is 20.7 Å². The smallest absolute Gasteiger partial charge is 0.255 e. The van der Waals surface area contributed by atoms with Crippen LogP contribution in [0.2, 0.25) is 0 Å². The lowest BCUT2D eigenvalue weighted by Crippen LogP contribution is -2.36. The molecule has 0 spiro atoms. The van der Waals surface area contributed by atoms with Gasteiger partial charge in [-0.2, -0.15) is 0 Å². The number of nitrogens with zero attached hydrogens (tertiary/aromatic N) is 1. The van der Waals surface area contributed by atoms with Crippen molar-refractivity contribution in [3.05, 3.63) is 59.7 Å². The van der Waals surface area contributed by atoms with Crippen molar-refractivity contribution in [1.29, 1.82) is 0 Å². The summed E-state index contributed by atoms with van der Waals surface area (Å²) in [4.78, 5) is 26.5. The number of aromatic hydroxyl groups is 1.